The van der Waals surface area contributed by atoms with E-state index in [-0.39, 0.29) is 34.3 Å². The molecule has 0 saturated carbocycles. The third-order valence-electron chi connectivity index (χ3n) is 3.13. The molecule has 10 heteroatoms. The van der Waals surface area contributed by atoms with Gasteiger partial charge in [-0.05, 0) is 25.1 Å². The van der Waals surface area contributed by atoms with Crippen LogP contribution in [0.25, 0.3) is 0 Å². The van der Waals surface area contributed by atoms with Gasteiger partial charge in [-0.1, -0.05) is 29.3 Å². The molecule has 0 radical (unpaired) electrons. The molecule has 2 rings (SSSR count). The van der Waals surface area contributed by atoms with Crippen LogP contribution in [0.1, 0.15) is 21.6 Å². The van der Waals surface area contributed by atoms with Gasteiger partial charge in [0.15, 0.2) is 5.21 Å². The number of allylic oxidation sites excluding steroid dienone is 1. The smallest absolute Gasteiger partial charge is 0.324 e. The Morgan fingerprint density at radius 3 is 2.64 bits per heavy atom. The first kappa shape index (κ1) is 19.8. The number of rotatable bonds is 7. The van der Waals surface area contributed by atoms with Gasteiger partial charge >= 0.3 is 10.1 Å². The first-order valence-corrected chi connectivity index (χ1v) is 9.73. The Labute approximate surface area is 160 Å². The van der Waals surface area contributed by atoms with Crippen LogP contribution in [0.15, 0.2) is 30.9 Å². The predicted molar refractivity (Wildman–Crippen MR) is 97.3 cm³/mol. The highest BCUT2D eigenvalue weighted by Gasteiger charge is 2.28. The van der Waals surface area contributed by atoms with Crippen molar-refractivity contribution < 1.29 is 17.4 Å². The van der Waals surface area contributed by atoms with Gasteiger partial charge in [-0.2, -0.15) is 13.5 Å². The monoisotopic (exact) mass is 422 g/mol. The highest BCUT2D eigenvalue weighted by molar-refractivity contribution is 7.88. The molecule has 6 nitrogen and oxygen atoms in total. The van der Waals surface area contributed by atoms with Gasteiger partial charge in [0, 0.05) is 10.6 Å². The molecule has 0 atom stereocenters. The van der Waals surface area contributed by atoms with Crippen LogP contribution in [0.2, 0.25) is 10.0 Å². The maximum Gasteiger partial charge on any atom is 0.324 e. The molecular weight excluding hydrogens is 411 g/mol. The number of aryl methyl sites for hydroxylation is 1. The molecule has 0 aliphatic heterocycles. The minimum atomic E-state index is -4.09. The fraction of sp³-hybridized carbons (Fsp3) is 0.200. The van der Waals surface area contributed by atoms with E-state index in [9.17, 15) is 13.2 Å². The summed E-state index contributed by atoms with van der Waals surface area (Å²) in [5, 5.41) is 3.85. The van der Waals surface area contributed by atoms with Crippen LogP contribution >= 0.6 is 34.8 Å². The number of alkyl halides is 1. The topological polar surface area (TPSA) is 78.3 Å². The van der Waals surface area contributed by atoms with Gasteiger partial charge < -0.3 is 4.18 Å². The average molecular weight is 424 g/mol. The van der Waals surface area contributed by atoms with Crippen LogP contribution < -0.4 is 4.18 Å². The van der Waals surface area contributed by atoms with Crippen LogP contribution in [0.4, 0.5) is 0 Å². The van der Waals surface area contributed by atoms with E-state index in [0.717, 1.165) is 0 Å². The van der Waals surface area contributed by atoms with Crippen molar-refractivity contribution in [2.45, 2.75) is 13.5 Å². The second-order valence-corrected chi connectivity index (χ2v) is 7.94. The lowest BCUT2D eigenvalue weighted by Gasteiger charge is -2.09. The number of hydrogen-bond acceptors (Lipinski definition) is 5. The Balaban J connectivity index is 2.63. The Bertz CT molecular complexity index is 938. The molecule has 0 unspecified atom stereocenters. The number of aromatic nitrogens is 2. The van der Waals surface area contributed by atoms with Crippen molar-refractivity contribution in [3.63, 3.8) is 0 Å². The summed E-state index contributed by atoms with van der Waals surface area (Å²) in [5.74, 6) is -0.789. The van der Waals surface area contributed by atoms with Crippen LogP contribution in [0, 0.1) is 6.92 Å². The van der Waals surface area contributed by atoms with E-state index in [1.54, 1.807) is 6.92 Å². The summed E-state index contributed by atoms with van der Waals surface area (Å²) in [6, 6.07) is 4.35. The quantitative estimate of drug-likeness (QED) is 0.293. The summed E-state index contributed by atoms with van der Waals surface area (Å²) in [6.45, 7) is 5.25. The Kier molecular flexibility index (Phi) is 6.16. The molecule has 0 aliphatic rings. The number of nitrogens with zero attached hydrogens (tertiary/aromatic N) is 2. The fourth-order valence-electron chi connectivity index (χ4n) is 2.10. The van der Waals surface area contributed by atoms with E-state index in [1.165, 1.54) is 29.0 Å². The van der Waals surface area contributed by atoms with Crippen molar-refractivity contribution in [2.75, 3.05) is 5.21 Å². The van der Waals surface area contributed by atoms with Gasteiger partial charge in [-0.3, -0.25) is 4.79 Å². The molecule has 0 aliphatic carbocycles. The molecule has 25 heavy (non-hydrogen) atoms. The molecule has 0 N–H and O–H groups in total. The molecule has 1 aromatic carbocycles. The average Bonchev–Trinajstić information content (AvgIpc) is 2.82. The molecule has 0 saturated heterocycles. The second-order valence-electron chi connectivity index (χ2n) is 4.94. The number of ketones is 1. The number of hydrogen-bond donors (Lipinski definition) is 0. The third kappa shape index (κ3) is 4.36. The summed E-state index contributed by atoms with van der Waals surface area (Å²) in [6.07, 6.45) is 1.48. The molecule has 134 valence electrons. The molecular formula is C15H13Cl3N2O4S. The molecule has 0 spiro atoms. The SMILES string of the molecule is C=CCn1nc(C)c(C(=O)c2ccc(Cl)cc2Cl)c1OS(=O)(=O)CCl. The summed E-state index contributed by atoms with van der Waals surface area (Å²) >= 11 is 17.3. The van der Waals surface area contributed by atoms with Gasteiger partial charge in [0.2, 0.25) is 11.7 Å². The van der Waals surface area contributed by atoms with Gasteiger partial charge in [0.25, 0.3) is 0 Å². The van der Waals surface area contributed by atoms with E-state index >= 15 is 0 Å². The number of benzene rings is 1. The number of halogens is 3. The Morgan fingerprint density at radius 2 is 2.08 bits per heavy atom. The van der Waals surface area contributed by atoms with E-state index in [2.05, 4.69) is 11.7 Å². The first-order valence-electron chi connectivity index (χ1n) is 6.86. The normalized spacial score (nSPS) is 11.4. The first-order chi connectivity index (χ1) is 11.7. The fourth-order valence-corrected chi connectivity index (χ4v) is 3.19. The second kappa shape index (κ2) is 7.78. The summed E-state index contributed by atoms with van der Waals surface area (Å²) in [5.41, 5.74) is 0.387. The highest BCUT2D eigenvalue weighted by atomic mass is 35.5. The molecule has 0 bridgehead atoms. The minimum Gasteiger partial charge on any atom is -0.360 e. The van der Waals surface area contributed by atoms with Crippen molar-refractivity contribution in [3.05, 3.63) is 57.7 Å². The van der Waals surface area contributed by atoms with Crippen molar-refractivity contribution in [3.8, 4) is 5.88 Å². The summed E-state index contributed by atoms with van der Waals surface area (Å²) < 4.78 is 29.8. The number of carbonyl (C=O) groups excluding carboxylic acids is 1. The molecule has 1 aromatic heterocycles. The lowest BCUT2D eigenvalue weighted by molar-refractivity contribution is 0.103. The van der Waals surface area contributed by atoms with Gasteiger partial charge in [-0.25, -0.2) is 4.68 Å². The molecule has 0 amide bonds. The maximum absolute atomic E-state index is 12.9. The van der Waals surface area contributed by atoms with Crippen molar-refractivity contribution >= 4 is 50.7 Å². The maximum atomic E-state index is 12.9. The largest absolute Gasteiger partial charge is 0.360 e. The van der Waals surface area contributed by atoms with Gasteiger partial charge in [-0.15, -0.1) is 18.2 Å². The third-order valence-corrected chi connectivity index (χ3v) is 5.15. The van der Waals surface area contributed by atoms with Gasteiger partial charge in [0.1, 0.15) is 5.56 Å². The lowest BCUT2D eigenvalue weighted by Crippen LogP contribution is -2.16. The zero-order chi connectivity index (χ0) is 18.8. The molecule has 1 heterocycles. The predicted octanol–water partition coefficient (Wildman–Crippen LogP) is 3.82. The number of carbonyl (C=O) groups is 1. The van der Waals surface area contributed by atoms with Crippen molar-refractivity contribution in [2.24, 2.45) is 0 Å². The highest BCUT2D eigenvalue weighted by Crippen LogP contribution is 2.30. The lowest BCUT2D eigenvalue weighted by atomic mass is 10.0. The molecule has 0 fully saturated rings. The van der Waals surface area contributed by atoms with E-state index in [4.69, 9.17) is 39.0 Å². The van der Waals surface area contributed by atoms with Gasteiger partial charge in [0.05, 0.1) is 17.3 Å². The Hall–Kier alpha value is -1.54. The standard InChI is InChI=1S/C15H13Cl3N2O4S/c1-3-6-20-15(24-25(22,23)8-16)13(9(2)19-20)14(21)11-5-4-10(17)7-12(11)18/h3-5,7H,1,6,8H2,2H3. The van der Waals surface area contributed by atoms with Crippen LogP contribution in [0.5, 0.6) is 5.88 Å². The van der Waals surface area contributed by atoms with E-state index < -0.39 is 21.1 Å². The van der Waals surface area contributed by atoms with Crippen molar-refractivity contribution in [1.29, 1.82) is 0 Å². The van der Waals surface area contributed by atoms with Crippen molar-refractivity contribution in [1.82, 2.24) is 9.78 Å². The zero-order valence-electron chi connectivity index (χ0n) is 13.0. The van der Waals surface area contributed by atoms with Crippen LogP contribution in [-0.4, -0.2) is 29.2 Å². The van der Waals surface area contributed by atoms with Crippen LogP contribution in [-0.2, 0) is 16.7 Å². The minimum absolute atomic E-state index is 0.0280. The summed E-state index contributed by atoms with van der Waals surface area (Å²) in [7, 11) is -4.09. The summed E-state index contributed by atoms with van der Waals surface area (Å²) in [4.78, 5) is 12.9. The van der Waals surface area contributed by atoms with Crippen LogP contribution in [0.3, 0.4) is 0 Å². The zero-order valence-corrected chi connectivity index (χ0v) is 16.1. The molecule has 2 aromatic rings. The van der Waals surface area contributed by atoms with E-state index in [0.29, 0.717) is 5.02 Å². The Morgan fingerprint density at radius 1 is 1.40 bits per heavy atom. The van der Waals surface area contributed by atoms with E-state index in [1.807, 2.05) is 0 Å².